The summed E-state index contributed by atoms with van der Waals surface area (Å²) in [7, 11) is 1.61. The Labute approximate surface area is 140 Å². The quantitative estimate of drug-likeness (QED) is 0.920. The molecule has 5 nitrogen and oxygen atoms in total. The molecular formula is C17H20N2O3S. The summed E-state index contributed by atoms with van der Waals surface area (Å²) in [5.41, 5.74) is 1.77. The highest BCUT2D eigenvalue weighted by molar-refractivity contribution is 8.14. The van der Waals surface area contributed by atoms with Crippen LogP contribution in [0.4, 0.5) is 0 Å². The molecule has 1 N–H and O–H groups in total. The van der Waals surface area contributed by atoms with Crippen LogP contribution < -0.4 is 4.74 Å². The van der Waals surface area contributed by atoms with E-state index < -0.39 is 5.97 Å². The Morgan fingerprint density at radius 2 is 2.17 bits per heavy atom. The summed E-state index contributed by atoms with van der Waals surface area (Å²) in [6, 6.07) is 7.25. The summed E-state index contributed by atoms with van der Waals surface area (Å²) < 4.78 is 5.47. The molecule has 1 saturated heterocycles. The number of aliphatic carboxylic acids is 1. The highest BCUT2D eigenvalue weighted by Crippen LogP contribution is 2.43. The van der Waals surface area contributed by atoms with E-state index in [4.69, 9.17) is 4.74 Å². The van der Waals surface area contributed by atoms with Crippen LogP contribution >= 0.6 is 11.8 Å². The standard InChI is InChI=1S/C17H20N2O3S/c1-10-8-9-19-15(12-6-4-5-7-13(12)22-3)14(16(20)21)11(2)18-17(19)23-10/h4-7,10,15H,8-9H2,1-3H3,(H,20,21). The van der Waals surface area contributed by atoms with Gasteiger partial charge in [0.25, 0.3) is 0 Å². The minimum absolute atomic E-state index is 0.327. The number of fused-ring (bicyclic) bond motifs is 1. The number of allylic oxidation sites excluding steroid dienone is 1. The second kappa shape index (κ2) is 6.28. The number of carbonyl (C=O) groups is 1. The van der Waals surface area contributed by atoms with Crippen LogP contribution in [0, 0.1) is 0 Å². The second-order valence-electron chi connectivity index (χ2n) is 5.75. The van der Waals surface area contributed by atoms with Crippen molar-refractivity contribution in [3.8, 4) is 5.75 Å². The lowest BCUT2D eigenvalue weighted by molar-refractivity contribution is -0.133. The number of para-hydroxylation sites is 1. The van der Waals surface area contributed by atoms with Gasteiger partial charge in [0.15, 0.2) is 5.17 Å². The number of aliphatic imine (C=N–C) groups is 1. The van der Waals surface area contributed by atoms with Gasteiger partial charge in [-0.05, 0) is 19.4 Å². The topological polar surface area (TPSA) is 62.1 Å². The lowest BCUT2D eigenvalue weighted by atomic mass is 9.93. The molecule has 0 radical (unpaired) electrons. The van der Waals surface area contributed by atoms with E-state index in [1.807, 2.05) is 24.3 Å². The minimum atomic E-state index is -0.926. The fourth-order valence-corrected chi connectivity index (χ4v) is 4.20. The number of hydrogen-bond acceptors (Lipinski definition) is 5. The molecule has 2 heterocycles. The van der Waals surface area contributed by atoms with E-state index in [1.54, 1.807) is 25.8 Å². The molecule has 6 heteroatoms. The average molecular weight is 332 g/mol. The Bertz CT molecular complexity index is 699. The highest BCUT2D eigenvalue weighted by atomic mass is 32.2. The first kappa shape index (κ1) is 15.9. The molecule has 3 rings (SSSR count). The van der Waals surface area contributed by atoms with Crippen LogP contribution in [0.2, 0.25) is 0 Å². The number of thioether (sulfide) groups is 1. The molecule has 0 saturated carbocycles. The van der Waals surface area contributed by atoms with Gasteiger partial charge >= 0.3 is 5.97 Å². The van der Waals surface area contributed by atoms with Gasteiger partial charge < -0.3 is 14.7 Å². The van der Waals surface area contributed by atoms with E-state index in [9.17, 15) is 9.90 Å². The van der Waals surface area contributed by atoms with Gasteiger partial charge in [-0.2, -0.15) is 0 Å². The fourth-order valence-electron chi connectivity index (χ4n) is 3.10. The third-order valence-corrected chi connectivity index (χ3v) is 5.41. The average Bonchev–Trinajstić information content (AvgIpc) is 2.52. The Balaban J connectivity index is 2.15. The molecule has 23 heavy (non-hydrogen) atoms. The lowest BCUT2D eigenvalue weighted by Gasteiger charge is -2.42. The molecular weight excluding hydrogens is 312 g/mol. The SMILES string of the molecule is COc1ccccc1C1C(C(=O)O)=C(C)N=C2SC(C)CCN21. The number of rotatable bonds is 3. The van der Waals surface area contributed by atoms with Crippen molar-refractivity contribution in [2.75, 3.05) is 13.7 Å². The van der Waals surface area contributed by atoms with Crippen molar-refractivity contribution < 1.29 is 14.6 Å². The molecule has 1 aromatic carbocycles. The first-order valence-corrected chi connectivity index (χ1v) is 8.50. The predicted molar refractivity (Wildman–Crippen MR) is 91.9 cm³/mol. The second-order valence-corrected chi connectivity index (χ2v) is 7.16. The molecule has 0 bridgehead atoms. The van der Waals surface area contributed by atoms with Crippen molar-refractivity contribution in [1.82, 2.24) is 4.90 Å². The van der Waals surface area contributed by atoms with Gasteiger partial charge in [-0.15, -0.1) is 0 Å². The van der Waals surface area contributed by atoms with Gasteiger partial charge in [0.2, 0.25) is 0 Å². The summed E-state index contributed by atoms with van der Waals surface area (Å²) in [5.74, 6) is -0.223. The lowest BCUT2D eigenvalue weighted by Crippen LogP contribution is -2.43. The van der Waals surface area contributed by atoms with Gasteiger partial charge in [-0.3, -0.25) is 0 Å². The zero-order chi connectivity index (χ0) is 16.6. The number of methoxy groups -OCH3 is 1. The Morgan fingerprint density at radius 1 is 1.43 bits per heavy atom. The normalized spacial score (nSPS) is 24.1. The third-order valence-electron chi connectivity index (χ3n) is 4.23. The summed E-state index contributed by atoms with van der Waals surface area (Å²) in [4.78, 5) is 18.5. The Hall–Kier alpha value is -1.95. The van der Waals surface area contributed by atoms with Crippen LogP contribution in [0.1, 0.15) is 31.9 Å². The van der Waals surface area contributed by atoms with Gasteiger partial charge in [0.1, 0.15) is 5.75 Å². The molecule has 0 amide bonds. The van der Waals surface area contributed by atoms with Crippen molar-refractivity contribution in [1.29, 1.82) is 0 Å². The fraction of sp³-hybridized carbons (Fsp3) is 0.412. The maximum Gasteiger partial charge on any atom is 0.335 e. The van der Waals surface area contributed by atoms with Gasteiger partial charge in [0.05, 0.1) is 24.4 Å². The molecule has 0 aliphatic carbocycles. The number of amidine groups is 1. The van der Waals surface area contributed by atoms with Crippen molar-refractivity contribution in [3.63, 3.8) is 0 Å². The number of nitrogens with zero attached hydrogens (tertiary/aromatic N) is 2. The third kappa shape index (κ3) is 2.83. The zero-order valence-electron chi connectivity index (χ0n) is 13.4. The van der Waals surface area contributed by atoms with E-state index in [1.165, 1.54) is 0 Å². The van der Waals surface area contributed by atoms with Crippen LogP contribution in [-0.2, 0) is 4.79 Å². The van der Waals surface area contributed by atoms with Crippen LogP contribution in [0.15, 0.2) is 40.5 Å². The number of benzene rings is 1. The molecule has 0 aromatic heterocycles. The number of ether oxygens (including phenoxy) is 1. The Morgan fingerprint density at radius 3 is 2.87 bits per heavy atom. The van der Waals surface area contributed by atoms with Gasteiger partial charge in [-0.1, -0.05) is 36.9 Å². The van der Waals surface area contributed by atoms with Gasteiger partial charge in [-0.25, -0.2) is 9.79 Å². The summed E-state index contributed by atoms with van der Waals surface area (Å²) in [6.07, 6.45) is 1.00. The number of carboxylic acids is 1. The molecule has 2 atom stereocenters. The summed E-state index contributed by atoms with van der Waals surface area (Å²) >= 11 is 1.71. The number of carboxylic acid groups (broad SMARTS) is 1. The van der Waals surface area contributed by atoms with E-state index in [-0.39, 0.29) is 6.04 Å². The molecule has 122 valence electrons. The van der Waals surface area contributed by atoms with Crippen LogP contribution in [0.25, 0.3) is 0 Å². The number of hydrogen-bond donors (Lipinski definition) is 1. The first-order chi connectivity index (χ1) is 11.0. The van der Waals surface area contributed by atoms with E-state index >= 15 is 0 Å². The Kier molecular flexibility index (Phi) is 4.35. The van der Waals surface area contributed by atoms with Gasteiger partial charge in [0, 0.05) is 17.4 Å². The van der Waals surface area contributed by atoms with Crippen molar-refractivity contribution in [3.05, 3.63) is 41.1 Å². The highest BCUT2D eigenvalue weighted by Gasteiger charge is 2.39. The predicted octanol–water partition coefficient (Wildman–Crippen LogP) is 3.29. The summed E-state index contributed by atoms with van der Waals surface area (Å²) in [5, 5.41) is 11.1. The van der Waals surface area contributed by atoms with Crippen molar-refractivity contribution in [2.24, 2.45) is 4.99 Å². The molecule has 2 aliphatic heterocycles. The minimum Gasteiger partial charge on any atom is -0.496 e. The maximum atomic E-state index is 11.9. The molecule has 1 fully saturated rings. The monoisotopic (exact) mass is 332 g/mol. The zero-order valence-corrected chi connectivity index (χ0v) is 14.3. The maximum absolute atomic E-state index is 11.9. The smallest absolute Gasteiger partial charge is 0.335 e. The summed E-state index contributed by atoms with van der Waals surface area (Å²) in [6.45, 7) is 4.74. The van der Waals surface area contributed by atoms with Crippen LogP contribution in [-0.4, -0.2) is 40.0 Å². The largest absolute Gasteiger partial charge is 0.496 e. The van der Waals surface area contributed by atoms with E-state index in [0.29, 0.717) is 22.3 Å². The van der Waals surface area contributed by atoms with Crippen molar-refractivity contribution in [2.45, 2.75) is 31.6 Å². The molecule has 2 aliphatic rings. The molecule has 0 spiro atoms. The first-order valence-electron chi connectivity index (χ1n) is 7.62. The van der Waals surface area contributed by atoms with E-state index in [2.05, 4.69) is 16.8 Å². The molecule has 1 aromatic rings. The van der Waals surface area contributed by atoms with Crippen molar-refractivity contribution >= 4 is 22.9 Å². The van der Waals surface area contributed by atoms with Crippen LogP contribution in [0.3, 0.4) is 0 Å². The van der Waals surface area contributed by atoms with Crippen LogP contribution in [0.5, 0.6) is 5.75 Å². The molecule has 2 unspecified atom stereocenters. The van der Waals surface area contributed by atoms with E-state index in [0.717, 1.165) is 23.7 Å².